The maximum Gasteiger partial charge on any atom is 0.193 e. The van der Waals surface area contributed by atoms with Gasteiger partial charge in [0.05, 0.1) is 12.3 Å². The van der Waals surface area contributed by atoms with Crippen LogP contribution >= 0.6 is 24.0 Å². The number of nitrogens with zero attached hydrogens (tertiary/aromatic N) is 4. The second kappa shape index (κ2) is 11.9. The van der Waals surface area contributed by atoms with Crippen molar-refractivity contribution < 1.29 is 9.26 Å². The Morgan fingerprint density at radius 1 is 1.18 bits per heavy atom. The van der Waals surface area contributed by atoms with E-state index in [1.807, 2.05) is 25.2 Å². The van der Waals surface area contributed by atoms with Crippen LogP contribution in [0.25, 0.3) is 0 Å². The molecular weight excluding hydrogens is 469 g/mol. The molecule has 1 aromatic heterocycles. The SMILES string of the molecule is CN=C(NCCCOc1ccc(C)cc1)N1CCN(Cc2ccon2)CC1.I. The van der Waals surface area contributed by atoms with Crippen LogP contribution in [0.1, 0.15) is 17.7 Å². The number of aryl methyl sites for hydroxylation is 1. The molecule has 2 heterocycles. The van der Waals surface area contributed by atoms with Crippen molar-refractivity contribution >= 4 is 29.9 Å². The predicted octanol–water partition coefficient (Wildman–Crippen LogP) is 2.76. The van der Waals surface area contributed by atoms with Crippen molar-refractivity contribution in [3.05, 3.63) is 47.9 Å². The Kier molecular flexibility index (Phi) is 9.56. The third-order valence-corrected chi connectivity index (χ3v) is 4.65. The summed E-state index contributed by atoms with van der Waals surface area (Å²) >= 11 is 0. The standard InChI is InChI=1S/C20H29N5O2.HI/c1-17-4-6-19(7-5-17)26-14-3-9-22-20(21-2)25-12-10-24(11-13-25)16-18-8-15-27-23-18;/h4-8,15H,3,9-14,16H2,1-2H3,(H,21,22);1H. The molecule has 1 aromatic carbocycles. The summed E-state index contributed by atoms with van der Waals surface area (Å²) in [5, 5.41) is 7.43. The average molecular weight is 499 g/mol. The zero-order valence-electron chi connectivity index (χ0n) is 16.6. The highest BCUT2D eigenvalue weighted by Gasteiger charge is 2.20. The average Bonchev–Trinajstić information content (AvgIpc) is 3.20. The molecule has 154 valence electrons. The minimum atomic E-state index is 0. The number of halogens is 1. The number of rotatable bonds is 7. The highest BCUT2D eigenvalue weighted by Crippen LogP contribution is 2.11. The summed E-state index contributed by atoms with van der Waals surface area (Å²) in [6, 6.07) is 10.1. The van der Waals surface area contributed by atoms with Gasteiger partial charge in [0.15, 0.2) is 5.96 Å². The molecule has 3 rings (SSSR count). The molecule has 0 spiro atoms. The van der Waals surface area contributed by atoms with Crippen molar-refractivity contribution in [1.82, 2.24) is 20.3 Å². The molecule has 7 nitrogen and oxygen atoms in total. The van der Waals surface area contributed by atoms with Gasteiger partial charge in [0, 0.05) is 52.4 Å². The number of nitrogens with one attached hydrogen (secondary N) is 1. The number of aromatic nitrogens is 1. The summed E-state index contributed by atoms with van der Waals surface area (Å²) in [6.45, 7) is 8.35. The third kappa shape index (κ3) is 6.97. The lowest BCUT2D eigenvalue weighted by molar-refractivity contribution is 0.169. The molecule has 0 aliphatic carbocycles. The number of hydrogen-bond donors (Lipinski definition) is 1. The first-order valence-corrected chi connectivity index (χ1v) is 9.51. The maximum atomic E-state index is 5.77. The van der Waals surface area contributed by atoms with Gasteiger partial charge < -0.3 is 19.5 Å². The van der Waals surface area contributed by atoms with E-state index in [0.717, 1.165) is 63.1 Å². The Bertz CT molecular complexity index is 698. The first kappa shape index (κ1) is 22.5. The lowest BCUT2D eigenvalue weighted by atomic mass is 10.2. The van der Waals surface area contributed by atoms with E-state index in [0.29, 0.717) is 6.61 Å². The number of aliphatic imine (C=N–C) groups is 1. The zero-order valence-corrected chi connectivity index (χ0v) is 19.0. The van der Waals surface area contributed by atoms with Crippen LogP contribution in [-0.4, -0.2) is 67.3 Å². The fourth-order valence-corrected chi connectivity index (χ4v) is 3.10. The normalized spacial score (nSPS) is 15.2. The molecule has 0 saturated carbocycles. The quantitative estimate of drug-likeness (QED) is 0.274. The molecule has 0 atom stereocenters. The number of hydrogen-bond acceptors (Lipinski definition) is 5. The molecule has 1 fully saturated rings. The largest absolute Gasteiger partial charge is 0.494 e. The topological polar surface area (TPSA) is 66.1 Å². The van der Waals surface area contributed by atoms with E-state index in [2.05, 4.69) is 44.3 Å². The Morgan fingerprint density at radius 2 is 1.93 bits per heavy atom. The van der Waals surface area contributed by atoms with Crippen LogP contribution in [-0.2, 0) is 6.54 Å². The molecule has 0 unspecified atom stereocenters. The zero-order chi connectivity index (χ0) is 18.9. The summed E-state index contributed by atoms with van der Waals surface area (Å²) < 4.78 is 10.7. The molecule has 8 heteroatoms. The smallest absolute Gasteiger partial charge is 0.193 e. The van der Waals surface area contributed by atoms with Crippen molar-refractivity contribution in [3.8, 4) is 5.75 Å². The second-order valence-electron chi connectivity index (χ2n) is 6.74. The lowest BCUT2D eigenvalue weighted by Crippen LogP contribution is -2.52. The van der Waals surface area contributed by atoms with Gasteiger partial charge in [-0.1, -0.05) is 22.9 Å². The summed E-state index contributed by atoms with van der Waals surface area (Å²) in [4.78, 5) is 9.11. The van der Waals surface area contributed by atoms with Gasteiger partial charge >= 0.3 is 0 Å². The fourth-order valence-electron chi connectivity index (χ4n) is 3.10. The van der Waals surface area contributed by atoms with E-state index in [4.69, 9.17) is 9.26 Å². The van der Waals surface area contributed by atoms with Gasteiger partial charge in [-0.25, -0.2) is 0 Å². The molecule has 1 N–H and O–H groups in total. The predicted molar refractivity (Wildman–Crippen MR) is 121 cm³/mol. The van der Waals surface area contributed by atoms with Crippen LogP contribution in [0.5, 0.6) is 5.75 Å². The van der Waals surface area contributed by atoms with Crippen LogP contribution in [0.3, 0.4) is 0 Å². The molecule has 28 heavy (non-hydrogen) atoms. The highest BCUT2D eigenvalue weighted by molar-refractivity contribution is 14.0. The first-order chi connectivity index (χ1) is 13.2. The monoisotopic (exact) mass is 499 g/mol. The summed E-state index contributed by atoms with van der Waals surface area (Å²) in [6.07, 6.45) is 2.55. The number of benzene rings is 1. The number of guanidine groups is 1. The Balaban J connectivity index is 0.00000280. The number of ether oxygens (including phenoxy) is 1. The third-order valence-electron chi connectivity index (χ3n) is 4.65. The van der Waals surface area contributed by atoms with Gasteiger partial charge in [0.25, 0.3) is 0 Å². The van der Waals surface area contributed by atoms with Crippen molar-refractivity contribution in [3.63, 3.8) is 0 Å². The molecule has 0 radical (unpaired) electrons. The summed E-state index contributed by atoms with van der Waals surface area (Å²) in [5.74, 6) is 1.89. The van der Waals surface area contributed by atoms with Crippen LogP contribution in [0.4, 0.5) is 0 Å². The molecule has 1 aliphatic heterocycles. The van der Waals surface area contributed by atoms with Crippen molar-refractivity contribution in [2.45, 2.75) is 19.9 Å². The number of piperazine rings is 1. The van der Waals surface area contributed by atoms with Crippen LogP contribution in [0.15, 0.2) is 46.1 Å². The molecule has 0 bridgehead atoms. The second-order valence-corrected chi connectivity index (χ2v) is 6.74. The molecule has 1 saturated heterocycles. The van der Waals surface area contributed by atoms with Crippen molar-refractivity contribution in [2.24, 2.45) is 4.99 Å². The van der Waals surface area contributed by atoms with Gasteiger partial charge in [0.2, 0.25) is 0 Å². The lowest BCUT2D eigenvalue weighted by Gasteiger charge is -2.36. The van der Waals surface area contributed by atoms with Gasteiger partial charge in [0.1, 0.15) is 12.0 Å². The highest BCUT2D eigenvalue weighted by atomic mass is 127. The van der Waals surface area contributed by atoms with Crippen LogP contribution < -0.4 is 10.1 Å². The Labute approximate surface area is 184 Å². The van der Waals surface area contributed by atoms with Crippen molar-refractivity contribution in [2.75, 3.05) is 46.4 Å². The van der Waals surface area contributed by atoms with E-state index >= 15 is 0 Å². The van der Waals surface area contributed by atoms with Crippen LogP contribution in [0.2, 0.25) is 0 Å². The van der Waals surface area contributed by atoms with Gasteiger partial charge in [-0.05, 0) is 25.5 Å². The van der Waals surface area contributed by atoms with E-state index in [1.165, 1.54) is 5.56 Å². The van der Waals surface area contributed by atoms with Gasteiger partial charge in [-0.15, -0.1) is 24.0 Å². The first-order valence-electron chi connectivity index (χ1n) is 9.51. The molecular formula is C20H30IN5O2. The van der Waals surface area contributed by atoms with E-state index < -0.39 is 0 Å². The Morgan fingerprint density at radius 3 is 2.57 bits per heavy atom. The molecule has 0 amide bonds. The van der Waals surface area contributed by atoms with Gasteiger partial charge in [-0.2, -0.15) is 0 Å². The van der Waals surface area contributed by atoms with E-state index in [9.17, 15) is 0 Å². The van der Waals surface area contributed by atoms with E-state index in [1.54, 1.807) is 6.26 Å². The Hall–Kier alpha value is -1.81. The minimum absolute atomic E-state index is 0. The summed E-state index contributed by atoms with van der Waals surface area (Å²) in [5.41, 5.74) is 2.23. The fraction of sp³-hybridized carbons (Fsp3) is 0.500. The van der Waals surface area contributed by atoms with E-state index in [-0.39, 0.29) is 24.0 Å². The maximum absolute atomic E-state index is 5.77. The minimum Gasteiger partial charge on any atom is -0.494 e. The van der Waals surface area contributed by atoms with Crippen molar-refractivity contribution in [1.29, 1.82) is 0 Å². The van der Waals surface area contributed by atoms with Crippen LogP contribution in [0, 0.1) is 6.92 Å². The molecule has 2 aromatic rings. The summed E-state index contributed by atoms with van der Waals surface area (Å²) in [7, 11) is 1.84. The van der Waals surface area contributed by atoms with Gasteiger partial charge in [-0.3, -0.25) is 9.89 Å². The molecule has 1 aliphatic rings.